The summed E-state index contributed by atoms with van der Waals surface area (Å²) in [6, 6.07) is 2.52. The van der Waals surface area contributed by atoms with Crippen LogP contribution in [0.2, 0.25) is 0 Å². The van der Waals surface area contributed by atoms with Crippen LogP contribution in [0.5, 0.6) is 5.75 Å². The molecule has 4 nitrogen and oxygen atoms in total. The van der Waals surface area contributed by atoms with Crippen LogP contribution in [0, 0.1) is 7.14 Å². The number of rotatable bonds is 2. The lowest BCUT2D eigenvalue weighted by atomic mass is 10.1. The third kappa shape index (κ3) is 3.60. The van der Waals surface area contributed by atoms with E-state index in [0.717, 1.165) is 0 Å². The maximum absolute atomic E-state index is 11.2. The first-order valence-electron chi connectivity index (χ1n) is 3.98. The largest absolute Gasteiger partial charge is 0.506 e. The van der Waals surface area contributed by atoms with Gasteiger partial charge in [-0.15, -0.1) is 12.4 Å². The average molecular weight is 469 g/mol. The molecule has 1 atom stereocenters. The van der Waals surface area contributed by atoms with Gasteiger partial charge in [0.25, 0.3) is 0 Å². The smallest absolute Gasteiger partial charge is 0.327 e. The molecule has 16 heavy (non-hydrogen) atoms. The van der Waals surface area contributed by atoms with Gasteiger partial charge in [0.1, 0.15) is 11.8 Å². The van der Waals surface area contributed by atoms with Gasteiger partial charge in [-0.1, -0.05) is 0 Å². The Balaban J connectivity index is 0.00000225. The highest BCUT2D eigenvalue weighted by Crippen LogP contribution is 2.29. The summed E-state index contributed by atoms with van der Waals surface area (Å²) in [4.78, 5) is 11.2. The Hall–Kier alpha value is 0.200. The van der Waals surface area contributed by atoms with Crippen LogP contribution in [0.1, 0.15) is 11.6 Å². The number of hydrogen-bond acceptors (Lipinski definition) is 4. The number of halogens is 3. The molecule has 0 heterocycles. The maximum Gasteiger partial charge on any atom is 0.327 e. The summed E-state index contributed by atoms with van der Waals surface area (Å²) >= 11 is 3.96. The summed E-state index contributed by atoms with van der Waals surface area (Å²) in [5, 5.41) is 9.54. The first-order chi connectivity index (χ1) is 6.97. The van der Waals surface area contributed by atoms with Crippen LogP contribution in [-0.4, -0.2) is 18.2 Å². The Bertz CT molecular complexity index is 377. The molecule has 1 aromatic carbocycles. The number of methoxy groups -OCH3 is 1. The van der Waals surface area contributed by atoms with Gasteiger partial charge in [0.05, 0.1) is 14.3 Å². The van der Waals surface area contributed by atoms with Crippen molar-refractivity contribution in [1.82, 2.24) is 0 Å². The molecule has 1 aromatic rings. The van der Waals surface area contributed by atoms with Gasteiger partial charge in [0.2, 0.25) is 0 Å². The van der Waals surface area contributed by atoms with Crippen molar-refractivity contribution < 1.29 is 14.6 Å². The van der Waals surface area contributed by atoms with Crippen molar-refractivity contribution in [1.29, 1.82) is 0 Å². The highest BCUT2D eigenvalue weighted by Gasteiger charge is 2.18. The number of hydrogen-bond donors (Lipinski definition) is 2. The van der Waals surface area contributed by atoms with E-state index in [1.54, 1.807) is 12.1 Å². The quantitative estimate of drug-likeness (QED) is 0.515. The highest BCUT2D eigenvalue weighted by atomic mass is 127. The van der Waals surface area contributed by atoms with E-state index in [4.69, 9.17) is 5.73 Å². The van der Waals surface area contributed by atoms with Crippen LogP contribution in [0.25, 0.3) is 0 Å². The first-order valence-corrected chi connectivity index (χ1v) is 6.14. The molecule has 0 amide bonds. The molecule has 3 N–H and O–H groups in total. The summed E-state index contributed by atoms with van der Waals surface area (Å²) in [6.07, 6.45) is 0. The Labute approximate surface area is 127 Å². The third-order valence-corrected chi connectivity index (χ3v) is 3.50. The molecule has 0 aliphatic carbocycles. The van der Waals surface area contributed by atoms with Crippen molar-refractivity contribution in [2.24, 2.45) is 5.73 Å². The Morgan fingerprint density at radius 1 is 1.44 bits per heavy atom. The van der Waals surface area contributed by atoms with E-state index in [-0.39, 0.29) is 18.2 Å². The molecule has 0 unspecified atom stereocenters. The minimum Gasteiger partial charge on any atom is -0.506 e. The molecule has 0 aliphatic rings. The molecule has 0 saturated carbocycles. The zero-order valence-electron chi connectivity index (χ0n) is 8.24. The lowest BCUT2D eigenvalue weighted by Crippen LogP contribution is -2.22. The lowest BCUT2D eigenvalue weighted by Gasteiger charge is -2.11. The van der Waals surface area contributed by atoms with E-state index in [1.165, 1.54) is 7.11 Å². The molecule has 1 rings (SSSR count). The van der Waals surface area contributed by atoms with E-state index in [0.29, 0.717) is 12.7 Å². The van der Waals surface area contributed by atoms with Gasteiger partial charge in [0, 0.05) is 0 Å². The molecule has 0 radical (unpaired) electrons. The van der Waals surface area contributed by atoms with Gasteiger partial charge < -0.3 is 15.6 Å². The summed E-state index contributed by atoms with van der Waals surface area (Å²) in [5.74, 6) is -0.288. The number of nitrogens with two attached hydrogens (primary N) is 1. The minimum absolute atomic E-state index is 0. The second-order valence-corrected chi connectivity index (χ2v) is 5.16. The van der Waals surface area contributed by atoms with Gasteiger partial charge in [-0.2, -0.15) is 0 Å². The van der Waals surface area contributed by atoms with Crippen molar-refractivity contribution in [2.75, 3.05) is 7.11 Å². The van der Waals surface area contributed by atoms with E-state index in [2.05, 4.69) is 4.74 Å². The highest BCUT2D eigenvalue weighted by molar-refractivity contribution is 14.1. The third-order valence-electron chi connectivity index (χ3n) is 1.85. The predicted octanol–water partition coefficient (Wildman–Crippen LogP) is 2.20. The molecule has 0 aliphatic heterocycles. The Kier molecular flexibility index (Phi) is 6.90. The second-order valence-electron chi connectivity index (χ2n) is 2.83. The maximum atomic E-state index is 11.2. The minimum atomic E-state index is -0.808. The van der Waals surface area contributed by atoms with Crippen molar-refractivity contribution in [3.63, 3.8) is 0 Å². The van der Waals surface area contributed by atoms with E-state index in [1.807, 2.05) is 45.2 Å². The summed E-state index contributed by atoms with van der Waals surface area (Å²) in [7, 11) is 1.29. The van der Waals surface area contributed by atoms with Crippen LogP contribution in [-0.2, 0) is 9.53 Å². The topological polar surface area (TPSA) is 72.5 Å². The van der Waals surface area contributed by atoms with Gasteiger partial charge in [-0.25, -0.2) is 0 Å². The van der Waals surface area contributed by atoms with E-state index in [9.17, 15) is 9.90 Å². The average Bonchev–Trinajstić information content (AvgIpc) is 2.23. The molecule has 0 aromatic heterocycles. The van der Waals surface area contributed by atoms with Crippen molar-refractivity contribution in [2.45, 2.75) is 6.04 Å². The van der Waals surface area contributed by atoms with Crippen molar-refractivity contribution in [3.05, 3.63) is 24.8 Å². The van der Waals surface area contributed by atoms with E-state index >= 15 is 0 Å². The molecule has 0 saturated heterocycles. The molecule has 0 fully saturated rings. The molecule has 0 bridgehead atoms. The SMILES string of the molecule is COC(=O)[C@H](N)c1cc(I)c(O)c(I)c1.Cl. The molecular formula is C9H10ClI2NO3. The van der Waals surface area contributed by atoms with Crippen molar-refractivity contribution >= 4 is 63.6 Å². The molecule has 7 heteroatoms. The zero-order valence-corrected chi connectivity index (χ0v) is 13.4. The van der Waals surface area contributed by atoms with Crippen LogP contribution in [0.15, 0.2) is 12.1 Å². The zero-order chi connectivity index (χ0) is 11.6. The van der Waals surface area contributed by atoms with Crippen molar-refractivity contribution in [3.8, 4) is 5.75 Å². The lowest BCUT2D eigenvalue weighted by molar-refractivity contribution is -0.142. The Morgan fingerprint density at radius 2 is 1.88 bits per heavy atom. The molecule has 90 valence electrons. The van der Waals surface area contributed by atoms with Crippen LogP contribution in [0.4, 0.5) is 0 Å². The number of aromatic hydroxyl groups is 1. The van der Waals surface area contributed by atoms with E-state index < -0.39 is 12.0 Å². The van der Waals surface area contributed by atoms with Crippen LogP contribution >= 0.6 is 57.6 Å². The summed E-state index contributed by atoms with van der Waals surface area (Å²) in [6.45, 7) is 0. The number of carbonyl (C=O) groups excluding carboxylic acids is 1. The monoisotopic (exact) mass is 469 g/mol. The van der Waals surface area contributed by atoms with Gasteiger partial charge >= 0.3 is 5.97 Å². The van der Waals surface area contributed by atoms with Crippen LogP contribution in [0.3, 0.4) is 0 Å². The van der Waals surface area contributed by atoms with Crippen LogP contribution < -0.4 is 5.73 Å². The number of benzene rings is 1. The summed E-state index contributed by atoms with van der Waals surface area (Å²) in [5.41, 5.74) is 6.31. The van der Waals surface area contributed by atoms with Gasteiger partial charge in [0.15, 0.2) is 0 Å². The number of carbonyl (C=O) groups is 1. The fraction of sp³-hybridized carbons (Fsp3) is 0.222. The van der Waals surface area contributed by atoms with Gasteiger partial charge in [-0.05, 0) is 62.9 Å². The fourth-order valence-corrected chi connectivity index (χ4v) is 2.84. The number of ether oxygens (including phenoxy) is 1. The standard InChI is InChI=1S/C9H9I2NO3.ClH/c1-15-9(14)7(12)4-2-5(10)8(13)6(11)3-4;/h2-3,7,13H,12H2,1H3;1H/t7-;/m1./s1. The normalized spacial score (nSPS) is 11.5. The number of phenols is 1. The summed E-state index contributed by atoms with van der Waals surface area (Å²) < 4.78 is 5.87. The molecule has 0 spiro atoms. The number of phenolic OH excluding ortho intramolecular Hbond substituents is 1. The Morgan fingerprint density at radius 3 is 2.25 bits per heavy atom. The predicted molar refractivity (Wildman–Crippen MR) is 79.7 cm³/mol. The number of esters is 1. The first kappa shape index (κ1) is 16.2. The van der Waals surface area contributed by atoms with Gasteiger partial charge in [-0.3, -0.25) is 4.79 Å². The fourth-order valence-electron chi connectivity index (χ4n) is 1.03. The molecular weight excluding hydrogens is 459 g/mol. The second kappa shape index (κ2) is 6.82.